The van der Waals surface area contributed by atoms with Gasteiger partial charge in [0.05, 0.1) is 0 Å². The predicted octanol–water partition coefficient (Wildman–Crippen LogP) is 5.72. The Hall–Kier alpha value is -2.03. The van der Waals surface area contributed by atoms with Gasteiger partial charge in [-0.1, -0.05) is 56.0 Å². The maximum atomic E-state index is 13.2. The number of nitrogens with one attached hydrogen (secondary N) is 1. The van der Waals surface area contributed by atoms with Gasteiger partial charge in [-0.25, -0.2) is 0 Å². The van der Waals surface area contributed by atoms with E-state index in [9.17, 15) is 4.79 Å². The Labute approximate surface area is 174 Å². The first kappa shape index (κ1) is 19.0. The molecule has 0 saturated heterocycles. The highest BCUT2D eigenvalue weighted by molar-refractivity contribution is 5.83. The van der Waals surface area contributed by atoms with Crippen molar-refractivity contribution >= 4 is 16.8 Å². The lowest BCUT2D eigenvalue weighted by atomic mass is 9.92. The third-order valence-electron chi connectivity index (χ3n) is 7.79. The van der Waals surface area contributed by atoms with Crippen LogP contribution in [-0.4, -0.2) is 28.9 Å². The van der Waals surface area contributed by atoms with Gasteiger partial charge in [0.1, 0.15) is 0 Å². The molecule has 3 atom stereocenters. The molecule has 3 unspecified atom stereocenters. The van der Waals surface area contributed by atoms with Gasteiger partial charge in [-0.05, 0) is 61.0 Å². The van der Waals surface area contributed by atoms with Crippen LogP contribution in [-0.2, 0) is 11.2 Å². The molecule has 2 fully saturated rings. The van der Waals surface area contributed by atoms with E-state index in [0.29, 0.717) is 17.7 Å². The van der Waals surface area contributed by atoms with Crippen LogP contribution in [0.3, 0.4) is 0 Å². The largest absolute Gasteiger partial charge is 0.361 e. The standard InChI is InChI=1S/C26H34N2O/c29-26(12-10-19-5-1-2-6-19)28(18-23-16-20-9-11-21(23)15-20)14-13-22-17-27-25-8-4-3-7-24(22)25/h3-4,7-9,11,17,19-21,23,27H,1-2,5-6,10,12-16,18H2. The monoisotopic (exact) mass is 390 g/mol. The molecule has 2 bridgehead atoms. The summed E-state index contributed by atoms with van der Waals surface area (Å²) in [6, 6.07) is 8.50. The van der Waals surface area contributed by atoms with Crippen molar-refractivity contribution < 1.29 is 4.79 Å². The van der Waals surface area contributed by atoms with Crippen molar-refractivity contribution in [3.05, 3.63) is 48.2 Å². The van der Waals surface area contributed by atoms with E-state index >= 15 is 0 Å². The van der Waals surface area contributed by atoms with Gasteiger partial charge >= 0.3 is 0 Å². The molecular formula is C26H34N2O. The summed E-state index contributed by atoms with van der Waals surface area (Å²) in [6.07, 6.45) is 17.7. The van der Waals surface area contributed by atoms with Gasteiger partial charge in [-0.15, -0.1) is 0 Å². The number of rotatable bonds is 8. The van der Waals surface area contributed by atoms with Gasteiger partial charge in [-0.3, -0.25) is 4.79 Å². The summed E-state index contributed by atoms with van der Waals surface area (Å²) >= 11 is 0. The number of amides is 1. The van der Waals surface area contributed by atoms with Crippen LogP contribution in [0.25, 0.3) is 10.9 Å². The molecule has 29 heavy (non-hydrogen) atoms. The van der Waals surface area contributed by atoms with Gasteiger partial charge in [0, 0.05) is 36.6 Å². The topological polar surface area (TPSA) is 36.1 Å². The van der Waals surface area contributed by atoms with Crippen LogP contribution in [0.4, 0.5) is 0 Å². The molecule has 3 aliphatic carbocycles. The van der Waals surface area contributed by atoms with Crippen molar-refractivity contribution in [3.63, 3.8) is 0 Å². The summed E-state index contributed by atoms with van der Waals surface area (Å²) in [7, 11) is 0. The van der Waals surface area contributed by atoms with Gasteiger partial charge < -0.3 is 9.88 Å². The number of nitrogens with zero attached hydrogens (tertiary/aromatic N) is 1. The van der Waals surface area contributed by atoms with E-state index < -0.39 is 0 Å². The van der Waals surface area contributed by atoms with Crippen molar-refractivity contribution in [1.29, 1.82) is 0 Å². The number of hydrogen-bond donors (Lipinski definition) is 1. The quantitative estimate of drug-likeness (QED) is 0.575. The summed E-state index contributed by atoms with van der Waals surface area (Å²) in [5, 5.41) is 1.30. The van der Waals surface area contributed by atoms with Crippen LogP contribution in [0.1, 0.15) is 56.9 Å². The highest BCUT2D eigenvalue weighted by Gasteiger charge is 2.37. The number of H-pyrrole nitrogens is 1. The Morgan fingerprint density at radius 1 is 1.10 bits per heavy atom. The average Bonchev–Trinajstić information content (AvgIpc) is 3.54. The number of allylic oxidation sites excluding steroid dienone is 2. The van der Waals surface area contributed by atoms with E-state index in [1.165, 1.54) is 55.0 Å². The Morgan fingerprint density at radius 2 is 1.97 bits per heavy atom. The fourth-order valence-electron chi connectivity index (χ4n) is 6.08. The number of para-hydroxylation sites is 1. The first-order valence-corrected chi connectivity index (χ1v) is 11.8. The summed E-state index contributed by atoms with van der Waals surface area (Å²) in [6.45, 7) is 1.81. The van der Waals surface area contributed by atoms with E-state index in [-0.39, 0.29) is 0 Å². The minimum absolute atomic E-state index is 0.392. The molecule has 1 heterocycles. The maximum absolute atomic E-state index is 13.2. The van der Waals surface area contributed by atoms with Crippen molar-refractivity contribution in [2.24, 2.45) is 23.7 Å². The average molecular weight is 391 g/mol. The Balaban J connectivity index is 1.25. The number of aromatic amines is 1. The lowest BCUT2D eigenvalue weighted by molar-refractivity contribution is -0.132. The third kappa shape index (κ3) is 4.15. The fraction of sp³-hybridized carbons (Fsp3) is 0.577. The molecule has 0 spiro atoms. The highest BCUT2D eigenvalue weighted by Crippen LogP contribution is 2.43. The van der Waals surface area contributed by atoms with Crippen LogP contribution in [0.15, 0.2) is 42.6 Å². The van der Waals surface area contributed by atoms with Gasteiger partial charge in [-0.2, -0.15) is 0 Å². The minimum Gasteiger partial charge on any atom is -0.361 e. The van der Waals surface area contributed by atoms with Crippen LogP contribution in [0.2, 0.25) is 0 Å². The van der Waals surface area contributed by atoms with Crippen LogP contribution in [0, 0.1) is 23.7 Å². The zero-order chi connectivity index (χ0) is 19.6. The molecule has 2 saturated carbocycles. The molecule has 1 amide bonds. The SMILES string of the molecule is O=C(CCC1CCCC1)N(CCc1c[nH]c2ccccc12)CC1CC2C=CC1C2. The van der Waals surface area contributed by atoms with Crippen LogP contribution >= 0.6 is 0 Å². The Morgan fingerprint density at radius 3 is 2.76 bits per heavy atom. The Kier molecular flexibility index (Phi) is 5.48. The van der Waals surface area contributed by atoms with Crippen molar-refractivity contribution in [3.8, 4) is 0 Å². The molecular weight excluding hydrogens is 356 g/mol. The number of carbonyl (C=O) groups excluding carboxylic acids is 1. The third-order valence-corrected chi connectivity index (χ3v) is 7.79. The molecule has 0 aliphatic heterocycles. The zero-order valence-corrected chi connectivity index (χ0v) is 17.5. The molecule has 3 aliphatic rings. The van der Waals surface area contributed by atoms with Crippen LogP contribution in [0.5, 0.6) is 0 Å². The fourth-order valence-corrected chi connectivity index (χ4v) is 6.08. The second-order valence-electron chi connectivity index (χ2n) is 9.68. The van der Waals surface area contributed by atoms with E-state index in [0.717, 1.165) is 44.2 Å². The van der Waals surface area contributed by atoms with Gasteiger partial charge in [0.25, 0.3) is 0 Å². The van der Waals surface area contributed by atoms with Gasteiger partial charge in [0.2, 0.25) is 5.91 Å². The summed E-state index contributed by atoms with van der Waals surface area (Å²) in [5.41, 5.74) is 2.53. The first-order valence-electron chi connectivity index (χ1n) is 11.8. The molecule has 154 valence electrons. The second-order valence-corrected chi connectivity index (χ2v) is 9.68. The number of hydrogen-bond acceptors (Lipinski definition) is 1. The van der Waals surface area contributed by atoms with E-state index in [1.54, 1.807) is 0 Å². The van der Waals surface area contributed by atoms with Gasteiger partial charge in [0.15, 0.2) is 0 Å². The molecule has 3 heteroatoms. The van der Waals surface area contributed by atoms with Crippen molar-refractivity contribution in [2.45, 2.75) is 57.8 Å². The lowest BCUT2D eigenvalue weighted by Crippen LogP contribution is -2.38. The molecule has 0 radical (unpaired) electrons. The normalized spacial score (nSPS) is 26.0. The lowest BCUT2D eigenvalue weighted by Gasteiger charge is -2.29. The zero-order valence-electron chi connectivity index (χ0n) is 17.5. The molecule has 5 rings (SSSR count). The minimum atomic E-state index is 0.392. The molecule has 3 nitrogen and oxygen atoms in total. The summed E-state index contributed by atoms with van der Waals surface area (Å²) in [4.78, 5) is 18.8. The van der Waals surface area contributed by atoms with E-state index in [1.807, 2.05) is 0 Å². The van der Waals surface area contributed by atoms with E-state index in [2.05, 4.69) is 52.5 Å². The highest BCUT2D eigenvalue weighted by atomic mass is 16.2. The summed E-state index contributed by atoms with van der Waals surface area (Å²) < 4.78 is 0. The number of carbonyl (C=O) groups is 1. The number of aromatic nitrogens is 1. The van der Waals surface area contributed by atoms with Crippen molar-refractivity contribution in [2.75, 3.05) is 13.1 Å². The molecule has 1 N–H and O–H groups in total. The smallest absolute Gasteiger partial charge is 0.222 e. The van der Waals surface area contributed by atoms with Crippen molar-refractivity contribution in [1.82, 2.24) is 9.88 Å². The molecule has 2 aromatic rings. The number of benzene rings is 1. The Bertz CT molecular complexity index is 876. The molecule has 1 aromatic heterocycles. The van der Waals surface area contributed by atoms with Crippen LogP contribution < -0.4 is 0 Å². The second kappa shape index (κ2) is 8.38. The predicted molar refractivity (Wildman–Crippen MR) is 119 cm³/mol. The maximum Gasteiger partial charge on any atom is 0.222 e. The molecule has 1 aromatic carbocycles. The first-order chi connectivity index (χ1) is 14.3. The summed E-state index contributed by atoms with van der Waals surface area (Å²) in [5.74, 6) is 3.33. The van der Waals surface area contributed by atoms with E-state index in [4.69, 9.17) is 0 Å². The number of fused-ring (bicyclic) bond motifs is 3.